The highest BCUT2D eigenvalue weighted by Gasteiger charge is 2.27. The number of carbonyl (C=O) groups excluding carboxylic acids is 1. The third-order valence-corrected chi connectivity index (χ3v) is 4.42. The Labute approximate surface area is 130 Å². The predicted molar refractivity (Wildman–Crippen MR) is 82.3 cm³/mol. The van der Waals surface area contributed by atoms with E-state index in [2.05, 4.69) is 5.32 Å². The van der Waals surface area contributed by atoms with Gasteiger partial charge in [-0.1, -0.05) is 29.8 Å². The van der Waals surface area contributed by atoms with Crippen LogP contribution in [0.4, 0.5) is 0 Å². The van der Waals surface area contributed by atoms with Crippen LogP contribution >= 0.6 is 11.6 Å². The second-order valence-electron chi connectivity index (χ2n) is 5.79. The van der Waals surface area contributed by atoms with Crippen LogP contribution in [-0.2, 0) is 9.53 Å². The van der Waals surface area contributed by atoms with E-state index >= 15 is 0 Å². The second kappa shape index (κ2) is 6.77. The molecule has 1 saturated carbocycles. The fourth-order valence-corrected chi connectivity index (χ4v) is 2.87. The van der Waals surface area contributed by atoms with Gasteiger partial charge in [-0.3, -0.25) is 4.79 Å². The number of amides is 1. The monoisotopic (exact) mass is 308 g/mol. The zero-order chi connectivity index (χ0) is 14.7. The van der Waals surface area contributed by atoms with E-state index in [0.29, 0.717) is 31.3 Å². The maximum Gasteiger partial charge on any atom is 0.236 e. The molecule has 1 N–H and O–H groups in total. The molecule has 114 valence electrons. The molecule has 5 heteroatoms. The minimum Gasteiger partial charge on any atom is -0.370 e. The summed E-state index contributed by atoms with van der Waals surface area (Å²) in [6.07, 6.45) is 2.47. The number of rotatable bonds is 5. The molecule has 1 aromatic rings. The van der Waals surface area contributed by atoms with E-state index < -0.39 is 0 Å². The molecule has 0 aromatic heterocycles. The van der Waals surface area contributed by atoms with Crippen molar-refractivity contribution in [3.05, 3.63) is 34.9 Å². The number of hydrogen-bond donors (Lipinski definition) is 1. The third kappa shape index (κ3) is 3.96. The molecule has 2 fully saturated rings. The van der Waals surface area contributed by atoms with Gasteiger partial charge in [0.15, 0.2) is 0 Å². The van der Waals surface area contributed by atoms with Crippen LogP contribution in [0.25, 0.3) is 0 Å². The van der Waals surface area contributed by atoms with Gasteiger partial charge in [0.05, 0.1) is 19.7 Å². The number of ether oxygens (including phenoxy) is 1. The lowest BCUT2D eigenvalue weighted by Crippen LogP contribution is -2.46. The van der Waals surface area contributed by atoms with Crippen molar-refractivity contribution in [2.45, 2.75) is 18.9 Å². The second-order valence-corrected chi connectivity index (χ2v) is 6.20. The van der Waals surface area contributed by atoms with Crippen LogP contribution in [0.5, 0.6) is 0 Å². The molecular weight excluding hydrogens is 288 g/mol. The first-order valence-electron chi connectivity index (χ1n) is 7.58. The highest BCUT2D eigenvalue weighted by molar-refractivity contribution is 6.31. The first-order valence-corrected chi connectivity index (χ1v) is 7.96. The van der Waals surface area contributed by atoms with E-state index in [1.54, 1.807) is 0 Å². The number of nitrogens with zero attached hydrogens (tertiary/aromatic N) is 1. The Morgan fingerprint density at radius 2 is 2.19 bits per heavy atom. The van der Waals surface area contributed by atoms with E-state index in [9.17, 15) is 4.79 Å². The van der Waals surface area contributed by atoms with Crippen LogP contribution in [0.15, 0.2) is 24.3 Å². The van der Waals surface area contributed by atoms with Crippen LogP contribution < -0.4 is 5.32 Å². The van der Waals surface area contributed by atoms with Crippen LogP contribution in [0, 0.1) is 5.92 Å². The quantitative estimate of drug-likeness (QED) is 0.907. The van der Waals surface area contributed by atoms with Gasteiger partial charge in [-0.2, -0.15) is 0 Å². The molecule has 21 heavy (non-hydrogen) atoms. The first-order chi connectivity index (χ1) is 10.2. The largest absolute Gasteiger partial charge is 0.370 e. The maximum atomic E-state index is 12.2. The van der Waals surface area contributed by atoms with Crippen LogP contribution in [-0.4, -0.2) is 43.6 Å². The molecule has 2 aliphatic rings. The van der Waals surface area contributed by atoms with Gasteiger partial charge in [0.25, 0.3) is 0 Å². The Morgan fingerprint density at radius 1 is 1.38 bits per heavy atom. The van der Waals surface area contributed by atoms with Gasteiger partial charge in [-0.05, 0) is 31.4 Å². The van der Waals surface area contributed by atoms with Crippen molar-refractivity contribution in [1.29, 1.82) is 0 Å². The lowest BCUT2D eigenvalue weighted by Gasteiger charge is -2.33. The molecule has 1 amide bonds. The van der Waals surface area contributed by atoms with E-state index in [1.807, 2.05) is 29.2 Å². The van der Waals surface area contributed by atoms with Gasteiger partial charge in [0, 0.05) is 17.1 Å². The summed E-state index contributed by atoms with van der Waals surface area (Å²) < 4.78 is 5.78. The maximum absolute atomic E-state index is 12.2. The summed E-state index contributed by atoms with van der Waals surface area (Å²) in [6, 6.07) is 7.67. The van der Waals surface area contributed by atoms with Crippen LogP contribution in [0.1, 0.15) is 24.5 Å². The lowest BCUT2D eigenvalue weighted by atomic mass is 10.1. The molecule has 1 aromatic carbocycles. The molecular formula is C16H21ClN2O2. The number of hydrogen-bond acceptors (Lipinski definition) is 3. The molecule has 0 bridgehead atoms. The lowest BCUT2D eigenvalue weighted by molar-refractivity contribution is -0.138. The van der Waals surface area contributed by atoms with E-state index in [0.717, 1.165) is 18.0 Å². The molecule has 1 heterocycles. The zero-order valence-electron chi connectivity index (χ0n) is 12.1. The van der Waals surface area contributed by atoms with Gasteiger partial charge in [0.1, 0.15) is 6.10 Å². The van der Waals surface area contributed by atoms with Crippen molar-refractivity contribution in [1.82, 2.24) is 10.2 Å². The van der Waals surface area contributed by atoms with Crippen molar-refractivity contribution >= 4 is 17.5 Å². The average molecular weight is 309 g/mol. The van der Waals surface area contributed by atoms with Crippen molar-refractivity contribution < 1.29 is 9.53 Å². The van der Waals surface area contributed by atoms with E-state index in [-0.39, 0.29) is 12.0 Å². The van der Waals surface area contributed by atoms with E-state index in [4.69, 9.17) is 16.3 Å². The highest BCUT2D eigenvalue weighted by Crippen LogP contribution is 2.29. The Bertz CT molecular complexity index is 505. The molecule has 1 aliphatic carbocycles. The van der Waals surface area contributed by atoms with E-state index in [1.165, 1.54) is 12.8 Å². The molecule has 1 saturated heterocycles. The van der Waals surface area contributed by atoms with Gasteiger partial charge in [-0.25, -0.2) is 0 Å². The van der Waals surface area contributed by atoms with Crippen molar-refractivity contribution in [2.75, 3.05) is 32.8 Å². The normalized spacial score (nSPS) is 22.3. The fraction of sp³-hybridized carbons (Fsp3) is 0.562. The van der Waals surface area contributed by atoms with Gasteiger partial charge < -0.3 is 15.0 Å². The van der Waals surface area contributed by atoms with Crippen molar-refractivity contribution in [3.63, 3.8) is 0 Å². The topological polar surface area (TPSA) is 41.6 Å². The van der Waals surface area contributed by atoms with Crippen molar-refractivity contribution in [3.8, 4) is 0 Å². The predicted octanol–water partition coefficient (Wildman–Crippen LogP) is 2.24. The number of halogens is 1. The molecule has 4 nitrogen and oxygen atoms in total. The zero-order valence-corrected chi connectivity index (χ0v) is 12.8. The Balaban J connectivity index is 1.54. The summed E-state index contributed by atoms with van der Waals surface area (Å²) in [5.74, 6) is 0.939. The highest BCUT2D eigenvalue weighted by atomic mass is 35.5. The molecule has 0 radical (unpaired) electrons. The average Bonchev–Trinajstić information content (AvgIpc) is 3.32. The SMILES string of the molecule is O=C(CNCC1CC1)N1CCOC(c2ccccc2Cl)C1. The minimum atomic E-state index is -0.125. The minimum absolute atomic E-state index is 0.125. The smallest absolute Gasteiger partial charge is 0.236 e. The molecule has 1 atom stereocenters. The molecule has 1 aliphatic heterocycles. The number of carbonyl (C=O) groups is 1. The van der Waals surface area contributed by atoms with Gasteiger partial charge >= 0.3 is 0 Å². The summed E-state index contributed by atoms with van der Waals surface area (Å²) >= 11 is 6.21. The Morgan fingerprint density at radius 3 is 2.95 bits per heavy atom. The van der Waals surface area contributed by atoms with Crippen LogP contribution in [0.3, 0.4) is 0 Å². The fourth-order valence-electron chi connectivity index (χ4n) is 2.62. The Hall–Kier alpha value is -1.10. The number of benzene rings is 1. The summed E-state index contributed by atoms with van der Waals surface area (Å²) in [5.41, 5.74) is 0.961. The summed E-state index contributed by atoms with van der Waals surface area (Å²) in [5, 5.41) is 3.95. The van der Waals surface area contributed by atoms with Gasteiger partial charge in [-0.15, -0.1) is 0 Å². The molecule has 0 spiro atoms. The standard InChI is InChI=1S/C16H21ClN2O2/c17-14-4-2-1-3-13(14)15-11-19(7-8-21-15)16(20)10-18-9-12-5-6-12/h1-4,12,15,18H,5-11H2. The Kier molecular flexibility index (Phi) is 4.78. The van der Waals surface area contributed by atoms with Gasteiger partial charge in [0.2, 0.25) is 5.91 Å². The summed E-state index contributed by atoms with van der Waals surface area (Å²) in [4.78, 5) is 14.1. The van der Waals surface area contributed by atoms with Crippen LogP contribution in [0.2, 0.25) is 5.02 Å². The molecule has 3 rings (SSSR count). The third-order valence-electron chi connectivity index (χ3n) is 4.08. The summed E-state index contributed by atoms with van der Waals surface area (Å²) in [6.45, 7) is 3.18. The van der Waals surface area contributed by atoms with Crippen molar-refractivity contribution in [2.24, 2.45) is 5.92 Å². The molecule has 1 unspecified atom stereocenters. The number of morpholine rings is 1. The summed E-state index contributed by atoms with van der Waals surface area (Å²) in [7, 11) is 0. The number of nitrogens with one attached hydrogen (secondary N) is 1. The first kappa shape index (κ1) is 14.8.